The maximum Gasteiger partial charge on any atom is 0.242 e. The molecule has 1 amide bonds. The zero-order chi connectivity index (χ0) is 17.5. The summed E-state index contributed by atoms with van der Waals surface area (Å²) >= 11 is 0. The van der Waals surface area contributed by atoms with E-state index in [2.05, 4.69) is 0 Å². The van der Waals surface area contributed by atoms with E-state index in [1.54, 1.807) is 11.9 Å². The molecule has 5 nitrogen and oxygen atoms in total. The molecule has 2 aliphatic rings. The van der Waals surface area contributed by atoms with Gasteiger partial charge < -0.3 is 9.80 Å². The fraction of sp³-hybridized carbons (Fsp3) is 0.562. The van der Waals surface area contributed by atoms with Gasteiger partial charge in [0.05, 0.1) is 23.7 Å². The highest BCUT2D eigenvalue weighted by molar-refractivity contribution is 7.91. The molecular weight excluding hydrogens is 338 g/mol. The first-order chi connectivity index (χ1) is 11.3. The Morgan fingerprint density at radius 2 is 2.12 bits per heavy atom. The van der Waals surface area contributed by atoms with Crippen LogP contribution in [-0.2, 0) is 21.1 Å². The summed E-state index contributed by atoms with van der Waals surface area (Å²) in [4.78, 5) is 15.6. The molecule has 1 unspecified atom stereocenters. The van der Waals surface area contributed by atoms with E-state index >= 15 is 0 Å². The van der Waals surface area contributed by atoms with Gasteiger partial charge in [0, 0.05) is 25.7 Å². The van der Waals surface area contributed by atoms with Crippen molar-refractivity contribution in [2.24, 2.45) is 0 Å². The molecule has 1 aromatic carbocycles. The van der Waals surface area contributed by atoms with Crippen LogP contribution in [0.4, 0.5) is 14.5 Å². The van der Waals surface area contributed by atoms with Crippen molar-refractivity contribution in [3.63, 3.8) is 0 Å². The number of sulfone groups is 1. The first kappa shape index (κ1) is 17.1. The summed E-state index contributed by atoms with van der Waals surface area (Å²) in [5.41, 5.74) is 0.848. The third-order valence-electron chi connectivity index (χ3n) is 4.77. The van der Waals surface area contributed by atoms with E-state index in [4.69, 9.17) is 0 Å². The number of rotatable bonds is 3. The van der Waals surface area contributed by atoms with E-state index in [0.717, 1.165) is 6.07 Å². The minimum atomic E-state index is -3.08. The summed E-state index contributed by atoms with van der Waals surface area (Å²) in [6, 6.07) is 1.81. The van der Waals surface area contributed by atoms with Gasteiger partial charge in [0.1, 0.15) is 11.6 Å². The summed E-state index contributed by atoms with van der Waals surface area (Å²) in [7, 11) is -1.49. The van der Waals surface area contributed by atoms with E-state index in [1.807, 2.05) is 0 Å². The summed E-state index contributed by atoms with van der Waals surface area (Å²) in [6.45, 7) is 0.473. The Bertz CT molecular complexity index is 767. The number of hydrogen-bond donors (Lipinski definition) is 0. The summed E-state index contributed by atoms with van der Waals surface area (Å²) in [5.74, 6) is -1.47. The van der Waals surface area contributed by atoms with Crippen LogP contribution in [-0.4, -0.2) is 56.9 Å². The Balaban J connectivity index is 1.74. The van der Waals surface area contributed by atoms with E-state index in [0.29, 0.717) is 31.4 Å². The van der Waals surface area contributed by atoms with Crippen molar-refractivity contribution in [3.8, 4) is 0 Å². The number of aryl methyl sites for hydroxylation is 1. The number of halogens is 2. The minimum absolute atomic E-state index is 0.0224. The van der Waals surface area contributed by atoms with E-state index in [1.165, 1.54) is 11.0 Å². The number of amides is 1. The van der Waals surface area contributed by atoms with Crippen molar-refractivity contribution in [2.75, 3.05) is 36.5 Å². The second-order valence-corrected chi connectivity index (χ2v) is 8.71. The molecule has 2 heterocycles. The molecule has 0 spiro atoms. The van der Waals surface area contributed by atoms with Crippen molar-refractivity contribution in [3.05, 3.63) is 29.3 Å². The maximum absolute atomic E-state index is 14.2. The zero-order valence-corrected chi connectivity index (χ0v) is 14.3. The minimum Gasteiger partial charge on any atom is -0.360 e. The van der Waals surface area contributed by atoms with E-state index < -0.39 is 21.5 Å². The lowest BCUT2D eigenvalue weighted by Gasteiger charge is -2.33. The van der Waals surface area contributed by atoms with Gasteiger partial charge in [0.15, 0.2) is 9.84 Å². The number of fused-ring (bicyclic) bond motifs is 1. The standard InChI is InChI=1S/C16H20F2N2O3S/c1-19(13-4-6-24(22,23)10-13)15(21)9-20-5-2-3-11-7-12(17)8-14(18)16(11)20/h7-8,13H,2-6,9-10H2,1H3. The van der Waals surface area contributed by atoms with Gasteiger partial charge in [-0.25, -0.2) is 17.2 Å². The van der Waals surface area contributed by atoms with Crippen molar-refractivity contribution in [2.45, 2.75) is 25.3 Å². The lowest BCUT2D eigenvalue weighted by molar-refractivity contribution is -0.130. The molecule has 0 saturated carbocycles. The summed E-state index contributed by atoms with van der Waals surface area (Å²) in [6.07, 6.45) is 1.72. The predicted molar refractivity (Wildman–Crippen MR) is 86.7 cm³/mol. The monoisotopic (exact) mass is 358 g/mol. The number of nitrogens with zero attached hydrogens (tertiary/aromatic N) is 2. The van der Waals surface area contributed by atoms with Gasteiger partial charge in [0.2, 0.25) is 5.91 Å². The van der Waals surface area contributed by atoms with Gasteiger partial charge in [-0.15, -0.1) is 0 Å². The quantitative estimate of drug-likeness (QED) is 0.819. The zero-order valence-electron chi connectivity index (χ0n) is 13.5. The topological polar surface area (TPSA) is 57.7 Å². The SMILES string of the molecule is CN(C(=O)CN1CCCc2cc(F)cc(F)c21)C1CCS(=O)(=O)C1. The van der Waals surface area contributed by atoms with Crippen LogP contribution in [0.2, 0.25) is 0 Å². The summed E-state index contributed by atoms with van der Waals surface area (Å²) < 4.78 is 50.6. The molecule has 1 saturated heterocycles. The lowest BCUT2D eigenvalue weighted by Crippen LogP contribution is -2.45. The molecule has 0 N–H and O–H groups in total. The van der Waals surface area contributed by atoms with Gasteiger partial charge >= 0.3 is 0 Å². The van der Waals surface area contributed by atoms with Crippen LogP contribution in [0.15, 0.2) is 12.1 Å². The number of carbonyl (C=O) groups excluding carboxylic acids is 1. The van der Waals surface area contributed by atoms with Crippen molar-refractivity contribution in [1.29, 1.82) is 0 Å². The van der Waals surface area contributed by atoms with Gasteiger partial charge in [0.25, 0.3) is 0 Å². The number of likely N-dealkylation sites (N-methyl/N-ethyl adjacent to an activating group) is 1. The number of hydrogen-bond acceptors (Lipinski definition) is 4. The van der Waals surface area contributed by atoms with Crippen LogP contribution in [0.5, 0.6) is 0 Å². The summed E-state index contributed by atoms with van der Waals surface area (Å²) in [5, 5.41) is 0. The van der Waals surface area contributed by atoms with Crippen molar-refractivity contribution >= 4 is 21.4 Å². The molecule has 2 aliphatic heterocycles. The van der Waals surface area contributed by atoms with E-state index in [-0.39, 0.29) is 35.7 Å². The van der Waals surface area contributed by atoms with Crippen molar-refractivity contribution < 1.29 is 22.0 Å². The third kappa shape index (κ3) is 3.38. The molecule has 132 valence electrons. The van der Waals surface area contributed by atoms with Crippen LogP contribution >= 0.6 is 0 Å². The average Bonchev–Trinajstić information content (AvgIpc) is 2.86. The van der Waals surface area contributed by atoms with Crippen LogP contribution in [0, 0.1) is 11.6 Å². The van der Waals surface area contributed by atoms with Crippen LogP contribution in [0.25, 0.3) is 0 Å². The molecule has 0 bridgehead atoms. The Hall–Kier alpha value is -1.70. The Kier molecular flexibility index (Phi) is 4.50. The normalized spacial score (nSPS) is 22.3. The molecule has 0 aliphatic carbocycles. The Labute approximate surface area is 140 Å². The van der Waals surface area contributed by atoms with Crippen LogP contribution in [0.3, 0.4) is 0 Å². The second-order valence-electron chi connectivity index (χ2n) is 6.48. The predicted octanol–water partition coefficient (Wildman–Crippen LogP) is 1.36. The highest BCUT2D eigenvalue weighted by Gasteiger charge is 2.33. The number of carbonyl (C=O) groups is 1. The molecule has 1 atom stereocenters. The van der Waals surface area contributed by atoms with Gasteiger partial charge in [-0.05, 0) is 30.9 Å². The van der Waals surface area contributed by atoms with E-state index in [9.17, 15) is 22.0 Å². The molecule has 8 heteroatoms. The van der Waals surface area contributed by atoms with Gasteiger partial charge in [-0.2, -0.15) is 0 Å². The smallest absolute Gasteiger partial charge is 0.242 e. The maximum atomic E-state index is 14.2. The second kappa shape index (κ2) is 6.31. The fourth-order valence-electron chi connectivity index (χ4n) is 3.45. The largest absolute Gasteiger partial charge is 0.360 e. The first-order valence-corrected chi connectivity index (χ1v) is 9.78. The lowest BCUT2D eigenvalue weighted by atomic mass is 10.0. The molecule has 24 heavy (non-hydrogen) atoms. The third-order valence-corrected chi connectivity index (χ3v) is 6.52. The number of benzene rings is 1. The van der Waals surface area contributed by atoms with Gasteiger partial charge in [-0.3, -0.25) is 4.79 Å². The average molecular weight is 358 g/mol. The fourth-order valence-corrected chi connectivity index (χ4v) is 5.23. The highest BCUT2D eigenvalue weighted by atomic mass is 32.2. The molecule has 0 aromatic heterocycles. The Morgan fingerprint density at radius 1 is 1.38 bits per heavy atom. The molecule has 1 fully saturated rings. The van der Waals surface area contributed by atoms with Crippen LogP contribution < -0.4 is 4.90 Å². The molecular formula is C16H20F2N2O3S. The number of anilines is 1. The Morgan fingerprint density at radius 3 is 2.79 bits per heavy atom. The highest BCUT2D eigenvalue weighted by Crippen LogP contribution is 2.31. The molecule has 1 aromatic rings. The van der Waals surface area contributed by atoms with Crippen LogP contribution in [0.1, 0.15) is 18.4 Å². The van der Waals surface area contributed by atoms with Crippen molar-refractivity contribution in [1.82, 2.24) is 4.90 Å². The molecule has 0 radical (unpaired) electrons. The molecule has 3 rings (SSSR count). The van der Waals surface area contributed by atoms with Gasteiger partial charge in [-0.1, -0.05) is 0 Å². The first-order valence-electron chi connectivity index (χ1n) is 7.96.